The molecule has 0 fully saturated rings. The second kappa shape index (κ2) is 3.88. The van der Waals surface area contributed by atoms with Gasteiger partial charge < -0.3 is 19.1 Å². The first-order valence-electron chi connectivity index (χ1n) is 3.49. The SMILES string of the molecule is O=C1O/C(=C\CO)C(O)=C1OS(=O)(=O)O. The van der Waals surface area contributed by atoms with Crippen molar-refractivity contribution in [1.82, 2.24) is 0 Å². The Labute approximate surface area is 84.0 Å². The standard InChI is InChI=1S/C6H6O8S/c7-2-1-3-4(8)5(6(9)13-3)14-15(10,11)12/h1,7-8H,2H2,(H,10,11,12)/b3-1-. The monoisotopic (exact) mass is 238 g/mol. The van der Waals surface area contributed by atoms with Crippen LogP contribution in [0.25, 0.3) is 0 Å². The lowest BCUT2D eigenvalue weighted by Gasteiger charge is -1.97. The van der Waals surface area contributed by atoms with Gasteiger partial charge in [0, 0.05) is 0 Å². The summed E-state index contributed by atoms with van der Waals surface area (Å²) < 4.78 is 36.8. The summed E-state index contributed by atoms with van der Waals surface area (Å²) in [6, 6.07) is 0. The number of cyclic esters (lactones) is 1. The van der Waals surface area contributed by atoms with Crippen LogP contribution in [-0.4, -0.2) is 35.8 Å². The van der Waals surface area contributed by atoms with Crippen molar-refractivity contribution in [3.05, 3.63) is 23.4 Å². The number of rotatable bonds is 3. The first-order valence-corrected chi connectivity index (χ1v) is 4.85. The van der Waals surface area contributed by atoms with E-state index in [4.69, 9.17) is 14.8 Å². The highest BCUT2D eigenvalue weighted by molar-refractivity contribution is 7.81. The second-order valence-electron chi connectivity index (χ2n) is 2.33. The Morgan fingerprint density at radius 3 is 2.53 bits per heavy atom. The topological polar surface area (TPSA) is 130 Å². The molecule has 1 heterocycles. The lowest BCUT2D eigenvalue weighted by molar-refractivity contribution is -0.135. The molecular weight excluding hydrogens is 232 g/mol. The first-order chi connectivity index (χ1) is 6.85. The molecule has 0 bridgehead atoms. The number of aliphatic hydroxyl groups is 2. The quantitative estimate of drug-likeness (QED) is 0.422. The van der Waals surface area contributed by atoms with E-state index in [1.807, 2.05) is 0 Å². The molecule has 0 atom stereocenters. The van der Waals surface area contributed by atoms with Crippen LogP contribution in [0.15, 0.2) is 23.4 Å². The maximum absolute atomic E-state index is 10.9. The van der Waals surface area contributed by atoms with E-state index < -0.39 is 40.3 Å². The number of ether oxygens (including phenoxy) is 1. The van der Waals surface area contributed by atoms with Gasteiger partial charge in [0.25, 0.3) is 5.76 Å². The van der Waals surface area contributed by atoms with Crippen LogP contribution in [0.4, 0.5) is 0 Å². The van der Waals surface area contributed by atoms with Crippen LogP contribution in [0, 0.1) is 0 Å². The van der Waals surface area contributed by atoms with Crippen molar-refractivity contribution in [2.45, 2.75) is 0 Å². The zero-order chi connectivity index (χ0) is 11.6. The molecule has 0 aromatic heterocycles. The molecule has 0 aliphatic carbocycles. The molecule has 15 heavy (non-hydrogen) atoms. The molecule has 9 heteroatoms. The molecule has 0 unspecified atom stereocenters. The summed E-state index contributed by atoms with van der Waals surface area (Å²) in [6.45, 7) is -0.536. The van der Waals surface area contributed by atoms with Crippen molar-refractivity contribution in [3.8, 4) is 0 Å². The minimum absolute atomic E-state index is 0.443. The third kappa shape index (κ3) is 2.68. The number of esters is 1. The van der Waals surface area contributed by atoms with E-state index in [1.54, 1.807) is 0 Å². The normalized spacial score (nSPS) is 19.6. The molecule has 0 aromatic rings. The number of carbonyl (C=O) groups excluding carboxylic acids is 1. The first kappa shape index (κ1) is 11.5. The second-order valence-corrected chi connectivity index (χ2v) is 3.35. The molecule has 0 radical (unpaired) electrons. The minimum atomic E-state index is -4.92. The third-order valence-electron chi connectivity index (χ3n) is 1.30. The molecule has 0 saturated carbocycles. The number of carbonyl (C=O) groups is 1. The van der Waals surface area contributed by atoms with Crippen molar-refractivity contribution >= 4 is 16.4 Å². The molecule has 8 nitrogen and oxygen atoms in total. The van der Waals surface area contributed by atoms with E-state index in [0.717, 1.165) is 6.08 Å². The van der Waals surface area contributed by atoms with Gasteiger partial charge in [-0.15, -0.1) is 0 Å². The van der Waals surface area contributed by atoms with Gasteiger partial charge in [-0.1, -0.05) is 0 Å². The number of aliphatic hydroxyl groups excluding tert-OH is 2. The van der Waals surface area contributed by atoms with Crippen molar-refractivity contribution in [1.29, 1.82) is 0 Å². The maximum Gasteiger partial charge on any atom is 0.446 e. The fourth-order valence-electron chi connectivity index (χ4n) is 0.803. The molecule has 0 spiro atoms. The van der Waals surface area contributed by atoms with Crippen molar-refractivity contribution < 1.29 is 36.9 Å². The molecule has 0 amide bonds. The average Bonchev–Trinajstić information content (AvgIpc) is 2.32. The van der Waals surface area contributed by atoms with Gasteiger partial charge in [0.2, 0.25) is 5.76 Å². The molecule has 84 valence electrons. The van der Waals surface area contributed by atoms with Gasteiger partial charge >= 0.3 is 16.4 Å². The van der Waals surface area contributed by atoms with Gasteiger partial charge in [-0.3, -0.25) is 4.55 Å². The summed E-state index contributed by atoms with van der Waals surface area (Å²) in [5, 5.41) is 17.6. The Morgan fingerprint density at radius 1 is 1.47 bits per heavy atom. The average molecular weight is 238 g/mol. The Hall–Kier alpha value is -1.58. The lowest BCUT2D eigenvalue weighted by atomic mass is 10.3. The van der Waals surface area contributed by atoms with Crippen LogP contribution in [0.2, 0.25) is 0 Å². The van der Waals surface area contributed by atoms with Crippen LogP contribution >= 0.6 is 0 Å². The van der Waals surface area contributed by atoms with E-state index in [1.165, 1.54) is 0 Å². The smallest absolute Gasteiger partial charge is 0.446 e. The summed E-state index contributed by atoms with van der Waals surface area (Å²) in [6.07, 6.45) is 0.910. The Bertz CT molecular complexity index is 442. The van der Waals surface area contributed by atoms with Crippen LogP contribution in [0.1, 0.15) is 0 Å². The van der Waals surface area contributed by atoms with E-state index in [9.17, 15) is 13.2 Å². The van der Waals surface area contributed by atoms with E-state index in [0.29, 0.717) is 0 Å². The molecule has 1 rings (SSSR count). The summed E-state index contributed by atoms with van der Waals surface area (Å²) in [4.78, 5) is 10.9. The maximum atomic E-state index is 10.9. The summed E-state index contributed by atoms with van der Waals surface area (Å²) >= 11 is 0. The van der Waals surface area contributed by atoms with Crippen LogP contribution in [0.5, 0.6) is 0 Å². The lowest BCUT2D eigenvalue weighted by Crippen LogP contribution is -2.09. The van der Waals surface area contributed by atoms with Crippen LogP contribution in [-0.2, 0) is 24.1 Å². The number of hydrogen-bond acceptors (Lipinski definition) is 7. The summed E-state index contributed by atoms with van der Waals surface area (Å²) in [5.74, 6) is -3.70. The molecule has 1 aliphatic heterocycles. The molecular formula is C6H6O8S. The van der Waals surface area contributed by atoms with Gasteiger partial charge in [0.1, 0.15) is 0 Å². The van der Waals surface area contributed by atoms with Crippen LogP contribution < -0.4 is 0 Å². The Balaban J connectivity index is 3.06. The summed E-state index contributed by atoms with van der Waals surface area (Å²) in [7, 11) is -4.92. The Kier molecular flexibility index (Phi) is 2.98. The highest BCUT2D eigenvalue weighted by atomic mass is 32.3. The van der Waals surface area contributed by atoms with E-state index in [2.05, 4.69) is 8.92 Å². The predicted octanol–water partition coefficient (Wildman–Crippen LogP) is -0.992. The predicted molar refractivity (Wildman–Crippen MR) is 43.5 cm³/mol. The van der Waals surface area contributed by atoms with Gasteiger partial charge in [-0.05, 0) is 6.08 Å². The fraction of sp³-hybridized carbons (Fsp3) is 0.167. The van der Waals surface area contributed by atoms with Crippen LogP contribution in [0.3, 0.4) is 0 Å². The van der Waals surface area contributed by atoms with E-state index >= 15 is 0 Å². The molecule has 0 aromatic carbocycles. The van der Waals surface area contributed by atoms with Gasteiger partial charge in [-0.25, -0.2) is 4.79 Å². The van der Waals surface area contributed by atoms with E-state index in [-0.39, 0.29) is 0 Å². The minimum Gasteiger partial charge on any atom is -0.501 e. The highest BCUT2D eigenvalue weighted by Gasteiger charge is 2.34. The van der Waals surface area contributed by atoms with Gasteiger partial charge in [-0.2, -0.15) is 8.42 Å². The third-order valence-corrected chi connectivity index (χ3v) is 1.68. The van der Waals surface area contributed by atoms with Crippen molar-refractivity contribution in [2.24, 2.45) is 0 Å². The zero-order valence-corrected chi connectivity index (χ0v) is 7.89. The largest absolute Gasteiger partial charge is 0.501 e. The molecule has 0 saturated heterocycles. The zero-order valence-electron chi connectivity index (χ0n) is 7.08. The summed E-state index contributed by atoms with van der Waals surface area (Å²) in [5.41, 5.74) is 0. The molecule has 1 aliphatic rings. The highest BCUT2D eigenvalue weighted by Crippen LogP contribution is 2.25. The number of hydrogen-bond donors (Lipinski definition) is 3. The van der Waals surface area contributed by atoms with Crippen molar-refractivity contribution in [3.63, 3.8) is 0 Å². The van der Waals surface area contributed by atoms with Gasteiger partial charge in [0.05, 0.1) is 6.61 Å². The van der Waals surface area contributed by atoms with Crippen molar-refractivity contribution in [2.75, 3.05) is 6.61 Å². The Morgan fingerprint density at radius 2 is 2.07 bits per heavy atom. The van der Waals surface area contributed by atoms with Gasteiger partial charge in [0.15, 0.2) is 5.76 Å². The fourth-order valence-corrected chi connectivity index (χ4v) is 1.16. The molecule has 3 N–H and O–H groups in total.